The van der Waals surface area contributed by atoms with Gasteiger partial charge in [0.15, 0.2) is 0 Å². The third-order valence-electron chi connectivity index (χ3n) is 6.30. The van der Waals surface area contributed by atoms with E-state index in [-0.39, 0.29) is 11.3 Å². The lowest BCUT2D eigenvalue weighted by molar-refractivity contribution is 0.102. The molecule has 0 atom stereocenters. The van der Waals surface area contributed by atoms with Crippen molar-refractivity contribution in [2.45, 2.75) is 33.1 Å². The number of benzene rings is 2. The van der Waals surface area contributed by atoms with Gasteiger partial charge >= 0.3 is 0 Å². The van der Waals surface area contributed by atoms with Gasteiger partial charge in [0, 0.05) is 36.5 Å². The number of ether oxygens (including phenoxy) is 1. The van der Waals surface area contributed by atoms with Gasteiger partial charge in [-0.25, -0.2) is 19.6 Å². The minimum Gasteiger partial charge on any atom is -0.438 e. The minimum atomic E-state index is -0.280. The molecule has 5 rings (SSSR count). The standard InChI is InChI=1S/C31H31N7O2/c1-20-13-14-21(18-25(20)40-29-23(12-9-16-33-29)24-15-17-34-30(32-5)35-24)28(39)36-27-19-26(31(2,3)4)37-38(27)22-10-7-6-8-11-22/h6-19H,1-5H3,(H,36,39)(H,32,34,35). The summed E-state index contributed by atoms with van der Waals surface area (Å²) in [5.74, 6) is 1.69. The average Bonchev–Trinajstić information content (AvgIpc) is 3.39. The van der Waals surface area contributed by atoms with Crippen LogP contribution in [0.2, 0.25) is 0 Å². The number of rotatable bonds is 7. The predicted octanol–water partition coefficient (Wildman–Crippen LogP) is 6.42. The topological polar surface area (TPSA) is 107 Å². The molecule has 9 nitrogen and oxygen atoms in total. The van der Waals surface area contributed by atoms with Crippen LogP contribution in [-0.4, -0.2) is 37.7 Å². The molecule has 0 spiro atoms. The molecule has 202 valence electrons. The first-order valence-electron chi connectivity index (χ1n) is 12.9. The molecule has 3 heterocycles. The molecule has 2 N–H and O–H groups in total. The Morgan fingerprint density at radius 1 is 0.925 bits per heavy atom. The molecule has 1 amide bonds. The fourth-order valence-electron chi connectivity index (χ4n) is 4.04. The van der Waals surface area contributed by atoms with Gasteiger partial charge in [-0.1, -0.05) is 45.0 Å². The fraction of sp³-hybridized carbons (Fsp3) is 0.194. The van der Waals surface area contributed by atoms with Gasteiger partial charge in [-0.15, -0.1) is 0 Å². The molecule has 0 bridgehead atoms. The van der Waals surface area contributed by atoms with Crippen LogP contribution < -0.4 is 15.4 Å². The van der Waals surface area contributed by atoms with Crippen molar-refractivity contribution in [3.63, 3.8) is 0 Å². The first-order valence-corrected chi connectivity index (χ1v) is 12.9. The van der Waals surface area contributed by atoms with Gasteiger partial charge in [-0.3, -0.25) is 4.79 Å². The zero-order chi connectivity index (χ0) is 28.3. The number of hydrogen-bond donors (Lipinski definition) is 2. The number of hydrogen-bond acceptors (Lipinski definition) is 7. The summed E-state index contributed by atoms with van der Waals surface area (Å²) in [4.78, 5) is 26.6. The monoisotopic (exact) mass is 533 g/mol. The van der Waals surface area contributed by atoms with Gasteiger partial charge in [-0.05, 0) is 55.0 Å². The predicted molar refractivity (Wildman–Crippen MR) is 156 cm³/mol. The number of nitrogens with one attached hydrogen (secondary N) is 2. The second-order valence-corrected chi connectivity index (χ2v) is 10.3. The number of amides is 1. The zero-order valence-electron chi connectivity index (χ0n) is 23.1. The maximum atomic E-state index is 13.5. The van der Waals surface area contributed by atoms with Crippen LogP contribution in [0.25, 0.3) is 16.9 Å². The number of aryl methyl sites for hydroxylation is 1. The van der Waals surface area contributed by atoms with E-state index in [0.29, 0.717) is 40.2 Å². The van der Waals surface area contributed by atoms with E-state index in [9.17, 15) is 4.79 Å². The van der Waals surface area contributed by atoms with E-state index in [0.717, 1.165) is 16.9 Å². The molecule has 0 unspecified atom stereocenters. The van der Waals surface area contributed by atoms with Crippen LogP contribution in [-0.2, 0) is 5.41 Å². The first-order chi connectivity index (χ1) is 19.2. The normalized spacial score (nSPS) is 11.2. The number of carbonyl (C=O) groups is 1. The molecule has 0 fully saturated rings. The van der Waals surface area contributed by atoms with Gasteiger partial charge in [0.2, 0.25) is 11.8 Å². The molecule has 5 aromatic rings. The van der Waals surface area contributed by atoms with Crippen LogP contribution in [0.5, 0.6) is 11.6 Å². The molecule has 0 saturated carbocycles. The largest absolute Gasteiger partial charge is 0.438 e. The van der Waals surface area contributed by atoms with E-state index in [4.69, 9.17) is 9.84 Å². The molecular formula is C31H31N7O2. The summed E-state index contributed by atoms with van der Waals surface area (Å²) in [5, 5.41) is 10.8. The number of carbonyl (C=O) groups excluding carboxylic acids is 1. The van der Waals surface area contributed by atoms with Gasteiger partial charge in [0.25, 0.3) is 5.91 Å². The lowest BCUT2D eigenvalue weighted by Crippen LogP contribution is -2.15. The van der Waals surface area contributed by atoms with E-state index < -0.39 is 0 Å². The van der Waals surface area contributed by atoms with Gasteiger partial charge < -0.3 is 15.4 Å². The molecule has 2 aromatic carbocycles. The molecule has 9 heteroatoms. The third-order valence-corrected chi connectivity index (χ3v) is 6.30. The smallest absolute Gasteiger partial charge is 0.256 e. The molecular weight excluding hydrogens is 502 g/mol. The second-order valence-electron chi connectivity index (χ2n) is 10.3. The lowest BCUT2D eigenvalue weighted by atomic mass is 9.92. The maximum absolute atomic E-state index is 13.5. The summed E-state index contributed by atoms with van der Waals surface area (Å²) in [6.07, 6.45) is 3.33. The Morgan fingerprint density at radius 3 is 2.48 bits per heavy atom. The second kappa shape index (κ2) is 11.0. The van der Waals surface area contributed by atoms with Crippen molar-refractivity contribution in [2.75, 3.05) is 17.7 Å². The van der Waals surface area contributed by atoms with Crippen molar-refractivity contribution < 1.29 is 9.53 Å². The van der Waals surface area contributed by atoms with E-state index in [2.05, 4.69) is 46.4 Å². The Bertz CT molecular complexity index is 1660. The summed E-state index contributed by atoms with van der Waals surface area (Å²) in [5.41, 5.74) is 4.20. The lowest BCUT2D eigenvalue weighted by Gasteiger charge is -2.14. The number of pyridine rings is 1. The maximum Gasteiger partial charge on any atom is 0.256 e. The SMILES string of the molecule is CNc1nccc(-c2cccnc2Oc2cc(C(=O)Nc3cc(C(C)(C)C)nn3-c3ccccc3)ccc2C)n1. The van der Waals surface area contributed by atoms with Crippen molar-refractivity contribution in [2.24, 2.45) is 0 Å². The van der Waals surface area contributed by atoms with Crippen molar-refractivity contribution in [3.8, 4) is 28.6 Å². The number of nitrogens with zero attached hydrogens (tertiary/aromatic N) is 5. The Hall–Kier alpha value is -5.05. The average molecular weight is 534 g/mol. The van der Waals surface area contributed by atoms with Gasteiger partial charge in [-0.2, -0.15) is 5.10 Å². The highest BCUT2D eigenvalue weighted by molar-refractivity contribution is 6.04. The van der Waals surface area contributed by atoms with Crippen molar-refractivity contribution >= 4 is 17.7 Å². The summed E-state index contributed by atoms with van der Waals surface area (Å²) in [6.45, 7) is 8.19. The van der Waals surface area contributed by atoms with Crippen LogP contribution in [0.3, 0.4) is 0 Å². The summed E-state index contributed by atoms with van der Waals surface area (Å²) in [7, 11) is 1.76. The van der Waals surface area contributed by atoms with E-state index >= 15 is 0 Å². The van der Waals surface area contributed by atoms with Crippen LogP contribution in [0.1, 0.15) is 42.4 Å². The van der Waals surface area contributed by atoms with Crippen LogP contribution >= 0.6 is 0 Å². The number of aromatic nitrogens is 5. The van der Waals surface area contributed by atoms with Crippen LogP contribution in [0, 0.1) is 6.92 Å². The van der Waals surface area contributed by atoms with E-state index in [1.54, 1.807) is 42.3 Å². The van der Waals surface area contributed by atoms with Crippen molar-refractivity contribution in [3.05, 3.63) is 102 Å². The zero-order valence-corrected chi connectivity index (χ0v) is 23.1. The van der Waals surface area contributed by atoms with E-state index in [1.807, 2.05) is 61.5 Å². The van der Waals surface area contributed by atoms with Crippen molar-refractivity contribution in [1.29, 1.82) is 0 Å². The third kappa shape index (κ3) is 5.68. The Morgan fingerprint density at radius 2 is 1.73 bits per heavy atom. The minimum absolute atomic E-state index is 0.192. The summed E-state index contributed by atoms with van der Waals surface area (Å²) >= 11 is 0. The molecule has 40 heavy (non-hydrogen) atoms. The molecule has 0 aliphatic rings. The van der Waals surface area contributed by atoms with Crippen LogP contribution in [0.4, 0.5) is 11.8 Å². The fourth-order valence-corrected chi connectivity index (χ4v) is 4.04. The molecule has 3 aromatic heterocycles. The first kappa shape index (κ1) is 26.6. The number of para-hydroxylation sites is 1. The summed E-state index contributed by atoms with van der Waals surface area (Å²) in [6, 6.07) is 22.5. The number of anilines is 2. The molecule has 0 radical (unpaired) electrons. The Labute approximate surface area is 233 Å². The van der Waals surface area contributed by atoms with Gasteiger partial charge in [0.05, 0.1) is 22.6 Å². The van der Waals surface area contributed by atoms with Crippen LogP contribution in [0.15, 0.2) is 85.2 Å². The quantitative estimate of drug-likeness (QED) is 0.249. The molecule has 0 saturated heterocycles. The highest BCUT2D eigenvalue weighted by Crippen LogP contribution is 2.33. The highest BCUT2D eigenvalue weighted by Gasteiger charge is 2.22. The van der Waals surface area contributed by atoms with Crippen molar-refractivity contribution in [1.82, 2.24) is 24.7 Å². The Balaban J connectivity index is 1.45. The molecule has 0 aliphatic heterocycles. The highest BCUT2D eigenvalue weighted by atomic mass is 16.5. The van der Waals surface area contributed by atoms with E-state index in [1.165, 1.54) is 0 Å². The Kier molecular flexibility index (Phi) is 7.29. The summed E-state index contributed by atoms with van der Waals surface area (Å²) < 4.78 is 8.02. The van der Waals surface area contributed by atoms with Gasteiger partial charge in [0.1, 0.15) is 11.6 Å². The molecule has 0 aliphatic carbocycles.